The Kier molecular flexibility index (Phi) is 4.61. The van der Waals surface area contributed by atoms with E-state index in [1.807, 2.05) is 6.20 Å². The first-order valence-corrected chi connectivity index (χ1v) is 12.0. The van der Waals surface area contributed by atoms with E-state index in [4.69, 9.17) is 0 Å². The molecule has 9 atom stereocenters. The topological polar surface area (TPSA) is 41.6 Å². The summed E-state index contributed by atoms with van der Waals surface area (Å²) in [7, 11) is 0. The van der Waals surface area contributed by atoms with Crippen molar-refractivity contribution in [1.29, 1.82) is 5.26 Å². The molecule has 0 saturated heterocycles. The van der Waals surface area contributed by atoms with Crippen LogP contribution < -0.4 is 0 Å². The van der Waals surface area contributed by atoms with E-state index in [1.165, 1.54) is 57.8 Å². The number of hydrogen-bond acceptors (Lipinski definition) is 2. The van der Waals surface area contributed by atoms with Crippen molar-refractivity contribution in [2.75, 3.05) is 0 Å². The predicted molar refractivity (Wildman–Crippen MR) is 111 cm³/mol. The summed E-state index contributed by atoms with van der Waals surface area (Å²) < 4.78 is 2.09. The molecule has 152 valence electrons. The lowest BCUT2D eigenvalue weighted by Crippen LogP contribution is -2.49. The van der Waals surface area contributed by atoms with Crippen molar-refractivity contribution in [2.24, 2.45) is 46.8 Å². The normalized spacial score (nSPS) is 46.1. The van der Waals surface area contributed by atoms with Crippen LogP contribution in [0.4, 0.5) is 0 Å². The van der Waals surface area contributed by atoms with Crippen LogP contribution in [0.1, 0.15) is 90.2 Å². The van der Waals surface area contributed by atoms with Crippen molar-refractivity contribution in [3.05, 3.63) is 18.0 Å². The van der Waals surface area contributed by atoms with Crippen molar-refractivity contribution in [1.82, 2.24) is 9.78 Å². The van der Waals surface area contributed by atoms with Gasteiger partial charge in [0.25, 0.3) is 0 Å². The third-order valence-electron chi connectivity index (χ3n) is 10.0. The molecule has 1 aromatic heterocycles. The van der Waals surface area contributed by atoms with Gasteiger partial charge >= 0.3 is 0 Å². The minimum atomic E-state index is 0.403. The summed E-state index contributed by atoms with van der Waals surface area (Å²) in [6.45, 7) is 7.44. The van der Waals surface area contributed by atoms with E-state index in [0.29, 0.717) is 22.9 Å². The molecule has 5 rings (SSSR count). The maximum atomic E-state index is 9.17. The van der Waals surface area contributed by atoms with E-state index in [1.54, 1.807) is 6.20 Å². The van der Waals surface area contributed by atoms with Gasteiger partial charge in [-0.15, -0.1) is 0 Å². The van der Waals surface area contributed by atoms with Crippen molar-refractivity contribution in [3.8, 4) is 6.07 Å². The highest BCUT2D eigenvalue weighted by atomic mass is 15.3. The Morgan fingerprint density at radius 3 is 2.71 bits per heavy atom. The van der Waals surface area contributed by atoms with E-state index in [2.05, 4.69) is 36.6 Å². The second-order valence-corrected chi connectivity index (χ2v) is 11.1. The van der Waals surface area contributed by atoms with Crippen molar-refractivity contribution >= 4 is 0 Å². The second-order valence-electron chi connectivity index (χ2n) is 11.1. The van der Waals surface area contributed by atoms with Crippen LogP contribution in [-0.2, 0) is 0 Å². The van der Waals surface area contributed by atoms with E-state index in [0.717, 1.165) is 35.5 Å². The molecule has 0 bridgehead atoms. The van der Waals surface area contributed by atoms with Gasteiger partial charge in [0.05, 0.1) is 17.8 Å². The minimum absolute atomic E-state index is 0.403. The Balaban J connectivity index is 1.36. The maximum Gasteiger partial charge on any atom is 0.102 e. The molecule has 0 N–H and O–H groups in total. The molecule has 0 spiro atoms. The van der Waals surface area contributed by atoms with Gasteiger partial charge < -0.3 is 0 Å². The van der Waals surface area contributed by atoms with Crippen LogP contribution in [0.25, 0.3) is 0 Å². The van der Waals surface area contributed by atoms with E-state index >= 15 is 0 Å². The smallest absolute Gasteiger partial charge is 0.102 e. The third kappa shape index (κ3) is 2.78. The average molecular weight is 380 g/mol. The van der Waals surface area contributed by atoms with Crippen LogP contribution >= 0.6 is 0 Å². The molecule has 1 heterocycles. The number of rotatable bonds is 2. The van der Waals surface area contributed by atoms with Gasteiger partial charge in [-0.05, 0) is 105 Å². The molecule has 1 aromatic rings. The highest BCUT2D eigenvalue weighted by Gasteiger charge is 2.57. The molecular weight excluding hydrogens is 342 g/mol. The first kappa shape index (κ1) is 18.7. The van der Waals surface area contributed by atoms with Gasteiger partial charge in [-0.25, -0.2) is 0 Å². The van der Waals surface area contributed by atoms with Gasteiger partial charge in [-0.3, -0.25) is 4.68 Å². The van der Waals surface area contributed by atoms with Crippen molar-refractivity contribution in [2.45, 2.75) is 84.6 Å². The summed E-state index contributed by atoms with van der Waals surface area (Å²) in [5.74, 6) is 6.68. The molecule has 4 fully saturated rings. The van der Waals surface area contributed by atoms with Gasteiger partial charge in [0.1, 0.15) is 6.07 Å². The van der Waals surface area contributed by atoms with Gasteiger partial charge in [0.15, 0.2) is 0 Å². The molecule has 3 heteroatoms. The van der Waals surface area contributed by atoms with Crippen LogP contribution in [0.15, 0.2) is 12.4 Å². The molecule has 4 saturated carbocycles. The van der Waals surface area contributed by atoms with Gasteiger partial charge in [-0.1, -0.05) is 20.3 Å². The van der Waals surface area contributed by atoms with Crippen LogP contribution in [0.3, 0.4) is 0 Å². The standard InChI is InChI=1S/C25H37N3/c1-16-4-6-20-19(12-16)5-7-22-21(20)10-11-25(3)23(8-9-24(22)25)17(2)28-15-18(13-26)14-27-28/h14-17,19-24H,4-12H2,1-3H3/t16?,17-,19?,20?,21?,22?,23?,24?,25?/m0/s1. The zero-order valence-electron chi connectivity index (χ0n) is 18.0. The monoisotopic (exact) mass is 379 g/mol. The lowest BCUT2D eigenvalue weighted by atomic mass is 9.49. The van der Waals surface area contributed by atoms with Gasteiger partial charge in [0, 0.05) is 6.20 Å². The summed E-state index contributed by atoms with van der Waals surface area (Å²) >= 11 is 0. The largest absolute Gasteiger partial charge is 0.268 e. The van der Waals surface area contributed by atoms with Crippen LogP contribution in [0.5, 0.6) is 0 Å². The zero-order chi connectivity index (χ0) is 19.5. The molecule has 8 unspecified atom stereocenters. The SMILES string of the molecule is CC1CCC2C(CCC3C2CCC2(C)C3CCC2[C@H](C)n2cc(C#N)cn2)C1. The highest BCUT2D eigenvalue weighted by Crippen LogP contribution is 2.65. The molecule has 0 aliphatic heterocycles. The molecule has 0 aromatic carbocycles. The van der Waals surface area contributed by atoms with Crippen LogP contribution in [0.2, 0.25) is 0 Å². The predicted octanol–water partition coefficient (Wildman–Crippen LogP) is 6.22. The summed E-state index contributed by atoms with van der Waals surface area (Å²) in [6.07, 6.45) is 16.9. The lowest BCUT2D eigenvalue weighted by Gasteiger charge is -2.56. The third-order valence-corrected chi connectivity index (χ3v) is 10.0. The van der Waals surface area contributed by atoms with Crippen LogP contribution in [0, 0.1) is 58.2 Å². The number of nitriles is 1. The van der Waals surface area contributed by atoms with Gasteiger partial charge in [0.2, 0.25) is 0 Å². The number of hydrogen-bond donors (Lipinski definition) is 0. The molecule has 28 heavy (non-hydrogen) atoms. The van der Waals surface area contributed by atoms with E-state index < -0.39 is 0 Å². The Hall–Kier alpha value is -1.30. The first-order chi connectivity index (χ1) is 13.5. The number of fused-ring (bicyclic) bond motifs is 5. The summed E-state index contributed by atoms with van der Waals surface area (Å²) in [5, 5.41) is 13.7. The highest BCUT2D eigenvalue weighted by molar-refractivity contribution is 5.22. The minimum Gasteiger partial charge on any atom is -0.268 e. The average Bonchev–Trinajstić information content (AvgIpc) is 3.31. The molecular formula is C25H37N3. The summed E-state index contributed by atoms with van der Waals surface area (Å²) in [6, 6.07) is 2.65. The fourth-order valence-corrected chi connectivity index (χ4v) is 8.72. The van der Waals surface area contributed by atoms with E-state index in [-0.39, 0.29) is 0 Å². The first-order valence-electron chi connectivity index (χ1n) is 12.0. The molecule has 0 amide bonds. The molecule has 0 radical (unpaired) electrons. The maximum absolute atomic E-state index is 9.17. The fourth-order valence-electron chi connectivity index (χ4n) is 8.72. The summed E-state index contributed by atoms with van der Waals surface area (Å²) in [4.78, 5) is 0. The number of aromatic nitrogens is 2. The molecule has 4 aliphatic carbocycles. The van der Waals surface area contributed by atoms with Gasteiger partial charge in [-0.2, -0.15) is 10.4 Å². The quantitative estimate of drug-likeness (QED) is 0.612. The molecule has 4 aliphatic rings. The Labute approximate surface area is 170 Å². The van der Waals surface area contributed by atoms with Crippen molar-refractivity contribution in [3.63, 3.8) is 0 Å². The zero-order valence-corrected chi connectivity index (χ0v) is 18.0. The Morgan fingerprint density at radius 2 is 1.93 bits per heavy atom. The summed E-state index contributed by atoms with van der Waals surface area (Å²) in [5.41, 5.74) is 1.16. The van der Waals surface area contributed by atoms with Crippen LogP contribution in [-0.4, -0.2) is 9.78 Å². The number of nitrogens with zero attached hydrogens (tertiary/aromatic N) is 3. The molecule has 3 nitrogen and oxygen atoms in total. The Morgan fingerprint density at radius 1 is 1.11 bits per heavy atom. The van der Waals surface area contributed by atoms with E-state index in [9.17, 15) is 5.26 Å². The Bertz CT molecular complexity index is 760. The fraction of sp³-hybridized carbons (Fsp3) is 0.840. The second kappa shape index (κ2) is 6.89. The van der Waals surface area contributed by atoms with Crippen molar-refractivity contribution < 1.29 is 0 Å². The lowest BCUT2D eigenvalue weighted by molar-refractivity contribution is -0.0724.